The number of oxazole rings is 1. The molecule has 2 amide bonds. The largest absolute Gasteiger partial charge is 0.496 e. The third kappa shape index (κ3) is 4.91. The van der Waals surface area contributed by atoms with Crippen LogP contribution in [0.4, 0.5) is 8.78 Å². The molecule has 3 heterocycles. The molecule has 11 heteroatoms. The first-order valence-corrected chi connectivity index (χ1v) is 13.6. The van der Waals surface area contributed by atoms with Gasteiger partial charge in [-0.05, 0) is 79.6 Å². The van der Waals surface area contributed by atoms with E-state index in [4.69, 9.17) is 13.6 Å². The molecule has 0 fully saturated rings. The standard InChI is InChI=1S/C33H26F2N4O5/c1-16-13-25(42-4)22(31(40)38-17(2)33-39-23-11-12-37-15-26(23)44-33)14-21(16)20-9-10-24-27(29(20)35)28(32(41)36-3)30(43-24)18-5-7-19(34)8-6-18/h5-15,17H,1-4H3,(H,36,41)(H,38,40)/t17-/m1/s1. The van der Waals surface area contributed by atoms with Crippen molar-refractivity contribution >= 4 is 33.9 Å². The van der Waals surface area contributed by atoms with Crippen molar-refractivity contribution in [1.82, 2.24) is 20.6 Å². The summed E-state index contributed by atoms with van der Waals surface area (Å²) >= 11 is 0. The number of nitrogens with one attached hydrogen (secondary N) is 2. The summed E-state index contributed by atoms with van der Waals surface area (Å²) in [5.74, 6) is -1.57. The van der Waals surface area contributed by atoms with Crippen molar-refractivity contribution in [2.45, 2.75) is 19.9 Å². The number of fused-ring (bicyclic) bond motifs is 2. The number of amides is 2. The zero-order valence-corrected chi connectivity index (χ0v) is 24.1. The lowest BCUT2D eigenvalue weighted by Crippen LogP contribution is -2.27. The van der Waals surface area contributed by atoms with Crippen LogP contribution in [-0.2, 0) is 0 Å². The molecule has 0 spiro atoms. The number of methoxy groups -OCH3 is 1. The van der Waals surface area contributed by atoms with Gasteiger partial charge >= 0.3 is 0 Å². The lowest BCUT2D eigenvalue weighted by atomic mass is 9.94. The topological polar surface area (TPSA) is 119 Å². The number of aryl methyl sites for hydroxylation is 1. The van der Waals surface area contributed by atoms with Gasteiger partial charge in [-0.15, -0.1) is 0 Å². The summed E-state index contributed by atoms with van der Waals surface area (Å²) in [6.45, 7) is 3.49. The number of benzene rings is 3. The summed E-state index contributed by atoms with van der Waals surface area (Å²) in [7, 11) is 2.86. The van der Waals surface area contributed by atoms with Crippen molar-refractivity contribution in [3.63, 3.8) is 0 Å². The van der Waals surface area contributed by atoms with E-state index in [1.54, 1.807) is 44.4 Å². The molecule has 1 atom stereocenters. The Hall–Kier alpha value is -5.58. The molecule has 0 saturated carbocycles. The molecule has 3 aromatic heterocycles. The lowest BCUT2D eigenvalue weighted by Gasteiger charge is -2.16. The highest BCUT2D eigenvalue weighted by atomic mass is 19.1. The Labute approximate surface area is 249 Å². The Balaban J connectivity index is 1.43. The molecule has 2 N–H and O–H groups in total. The van der Waals surface area contributed by atoms with E-state index in [0.29, 0.717) is 33.7 Å². The normalized spacial score (nSPS) is 12.0. The summed E-state index contributed by atoms with van der Waals surface area (Å²) in [5.41, 5.74) is 2.94. The van der Waals surface area contributed by atoms with Crippen LogP contribution in [0, 0.1) is 18.6 Å². The molecule has 0 aliphatic carbocycles. The van der Waals surface area contributed by atoms with Crippen molar-refractivity contribution < 1.29 is 31.9 Å². The maximum atomic E-state index is 16.5. The van der Waals surface area contributed by atoms with E-state index in [9.17, 15) is 14.0 Å². The fourth-order valence-electron chi connectivity index (χ4n) is 5.14. The number of carbonyl (C=O) groups excluding carboxylic acids is 2. The quantitative estimate of drug-likeness (QED) is 0.209. The molecule has 0 bridgehead atoms. The number of ether oxygens (including phenoxy) is 1. The van der Waals surface area contributed by atoms with Gasteiger partial charge in [0.25, 0.3) is 11.8 Å². The highest BCUT2D eigenvalue weighted by Crippen LogP contribution is 2.40. The molecule has 222 valence electrons. The van der Waals surface area contributed by atoms with Crippen LogP contribution >= 0.6 is 0 Å². The molecule has 0 aliphatic heterocycles. The SMILES string of the molecule is CNC(=O)c1c(-c2ccc(F)cc2)oc2ccc(-c3cc(C(=O)N[C@H](C)c4nc5ccncc5o4)c(OC)cc3C)c(F)c12. The van der Waals surface area contributed by atoms with Crippen LogP contribution in [0.25, 0.3) is 44.5 Å². The highest BCUT2D eigenvalue weighted by Gasteiger charge is 2.27. The molecule has 0 radical (unpaired) electrons. The molecule has 0 saturated heterocycles. The van der Waals surface area contributed by atoms with Crippen LogP contribution < -0.4 is 15.4 Å². The number of nitrogens with zero attached hydrogens (tertiary/aromatic N) is 2. The van der Waals surface area contributed by atoms with Crippen molar-refractivity contribution in [3.05, 3.63) is 101 Å². The fraction of sp³-hybridized carbons (Fsp3) is 0.152. The van der Waals surface area contributed by atoms with Gasteiger partial charge in [-0.2, -0.15) is 0 Å². The third-order valence-corrected chi connectivity index (χ3v) is 7.36. The first kappa shape index (κ1) is 28.5. The second-order valence-corrected chi connectivity index (χ2v) is 10.2. The number of rotatable bonds is 7. The van der Waals surface area contributed by atoms with E-state index in [1.807, 2.05) is 0 Å². The first-order valence-electron chi connectivity index (χ1n) is 13.6. The highest BCUT2D eigenvalue weighted by molar-refractivity contribution is 6.12. The van der Waals surface area contributed by atoms with Crippen LogP contribution in [0.1, 0.15) is 45.1 Å². The third-order valence-electron chi connectivity index (χ3n) is 7.36. The van der Waals surface area contributed by atoms with E-state index < -0.39 is 29.5 Å². The number of hydrogen-bond acceptors (Lipinski definition) is 7. The van der Waals surface area contributed by atoms with Crippen LogP contribution in [0.3, 0.4) is 0 Å². The maximum Gasteiger partial charge on any atom is 0.255 e. The van der Waals surface area contributed by atoms with Gasteiger partial charge in [0.2, 0.25) is 5.89 Å². The minimum atomic E-state index is -0.716. The molecule has 44 heavy (non-hydrogen) atoms. The number of aromatic nitrogens is 2. The summed E-state index contributed by atoms with van der Waals surface area (Å²) in [4.78, 5) is 35.0. The fourth-order valence-corrected chi connectivity index (χ4v) is 5.14. The van der Waals surface area contributed by atoms with Gasteiger partial charge in [0.1, 0.15) is 40.3 Å². The number of hydrogen-bond donors (Lipinski definition) is 2. The molecule has 0 aliphatic rings. The van der Waals surface area contributed by atoms with Crippen molar-refractivity contribution in [2.24, 2.45) is 0 Å². The first-order chi connectivity index (χ1) is 21.2. The maximum absolute atomic E-state index is 16.5. The molecule has 3 aromatic carbocycles. The summed E-state index contributed by atoms with van der Waals surface area (Å²) in [6, 6.07) is 12.7. The summed E-state index contributed by atoms with van der Waals surface area (Å²) in [5, 5.41) is 5.36. The van der Waals surface area contributed by atoms with Crippen LogP contribution in [0.15, 0.2) is 75.8 Å². The molecule has 9 nitrogen and oxygen atoms in total. The van der Waals surface area contributed by atoms with Gasteiger partial charge in [0.05, 0.1) is 29.8 Å². The molecule has 0 unspecified atom stereocenters. The van der Waals surface area contributed by atoms with Crippen LogP contribution in [0.2, 0.25) is 0 Å². The number of halogens is 2. The van der Waals surface area contributed by atoms with Crippen molar-refractivity contribution in [3.8, 4) is 28.2 Å². The summed E-state index contributed by atoms with van der Waals surface area (Å²) in [6.07, 6.45) is 3.14. The molecule has 6 rings (SSSR count). The number of furan rings is 1. The zero-order valence-electron chi connectivity index (χ0n) is 24.1. The van der Waals surface area contributed by atoms with Gasteiger partial charge < -0.3 is 24.2 Å². The Morgan fingerprint density at radius 1 is 0.955 bits per heavy atom. The van der Waals surface area contributed by atoms with Gasteiger partial charge in [-0.3, -0.25) is 14.6 Å². The minimum Gasteiger partial charge on any atom is -0.496 e. The summed E-state index contributed by atoms with van der Waals surface area (Å²) < 4.78 is 47.3. The Morgan fingerprint density at radius 3 is 2.43 bits per heavy atom. The smallest absolute Gasteiger partial charge is 0.255 e. The van der Waals surface area contributed by atoms with Crippen molar-refractivity contribution in [2.75, 3.05) is 14.2 Å². The van der Waals surface area contributed by atoms with E-state index in [-0.39, 0.29) is 39.2 Å². The Morgan fingerprint density at radius 2 is 1.73 bits per heavy atom. The Kier molecular flexibility index (Phi) is 7.30. The number of carbonyl (C=O) groups is 2. The zero-order chi connectivity index (χ0) is 31.1. The predicted octanol–water partition coefficient (Wildman–Crippen LogP) is 6.75. The van der Waals surface area contributed by atoms with E-state index in [2.05, 4.69) is 20.6 Å². The second kappa shape index (κ2) is 11.3. The van der Waals surface area contributed by atoms with Gasteiger partial charge in [-0.25, -0.2) is 13.8 Å². The van der Waals surface area contributed by atoms with E-state index >= 15 is 4.39 Å². The predicted molar refractivity (Wildman–Crippen MR) is 159 cm³/mol. The average Bonchev–Trinajstić information content (AvgIpc) is 3.64. The van der Waals surface area contributed by atoms with E-state index in [1.165, 1.54) is 50.6 Å². The molecule has 6 aromatic rings. The van der Waals surface area contributed by atoms with E-state index in [0.717, 1.165) is 0 Å². The Bertz CT molecular complexity index is 2030. The van der Waals surface area contributed by atoms with Gasteiger partial charge in [0.15, 0.2) is 5.58 Å². The van der Waals surface area contributed by atoms with Gasteiger partial charge in [0, 0.05) is 24.4 Å². The number of pyridine rings is 1. The minimum absolute atomic E-state index is 0.0278. The molecular weight excluding hydrogens is 570 g/mol. The van der Waals surface area contributed by atoms with Crippen molar-refractivity contribution in [1.29, 1.82) is 0 Å². The van der Waals surface area contributed by atoms with Crippen LogP contribution in [0.5, 0.6) is 5.75 Å². The average molecular weight is 597 g/mol. The van der Waals surface area contributed by atoms with Crippen LogP contribution in [-0.4, -0.2) is 35.9 Å². The van der Waals surface area contributed by atoms with Gasteiger partial charge in [-0.1, -0.05) is 0 Å². The molecular formula is C33H26F2N4O5. The monoisotopic (exact) mass is 596 g/mol. The second-order valence-electron chi connectivity index (χ2n) is 10.2. The lowest BCUT2D eigenvalue weighted by molar-refractivity contribution is 0.0929.